The third-order valence-corrected chi connectivity index (χ3v) is 6.82. The fourth-order valence-corrected chi connectivity index (χ4v) is 5.10. The average Bonchev–Trinajstić information content (AvgIpc) is 2.83. The largest absolute Gasteiger partial charge is 0.473 e. The summed E-state index contributed by atoms with van der Waals surface area (Å²) in [6.07, 6.45) is 3.48. The predicted octanol–water partition coefficient (Wildman–Crippen LogP) is 2.37. The molecule has 33 heavy (non-hydrogen) atoms. The molecule has 3 unspecified atom stereocenters. The Bertz CT molecular complexity index is 962. The van der Waals surface area contributed by atoms with E-state index >= 15 is 0 Å². The van der Waals surface area contributed by atoms with Crippen LogP contribution in [0.1, 0.15) is 36.3 Å². The fourth-order valence-electron chi connectivity index (χ4n) is 5.10. The van der Waals surface area contributed by atoms with Gasteiger partial charge in [0.15, 0.2) is 0 Å². The number of amides is 2. The van der Waals surface area contributed by atoms with Crippen LogP contribution in [0.5, 0.6) is 5.88 Å². The fraction of sp³-hybridized carbons (Fsp3) is 0.480. The highest BCUT2D eigenvalue weighted by Crippen LogP contribution is 2.31. The molecule has 0 spiro atoms. The zero-order chi connectivity index (χ0) is 23.4. The minimum absolute atomic E-state index is 0.0651. The van der Waals surface area contributed by atoms with Crippen LogP contribution < -0.4 is 10.2 Å². The summed E-state index contributed by atoms with van der Waals surface area (Å²) in [5.74, 6) is -0.419. The summed E-state index contributed by atoms with van der Waals surface area (Å²) in [6.45, 7) is 3.76. The van der Waals surface area contributed by atoms with Gasteiger partial charge in [-0.15, -0.1) is 0 Å². The molecule has 2 fully saturated rings. The minimum atomic E-state index is -0.720. The van der Waals surface area contributed by atoms with E-state index in [2.05, 4.69) is 17.1 Å². The molecule has 2 aliphatic rings. The second kappa shape index (κ2) is 10.3. The molecule has 8 nitrogen and oxygen atoms in total. The Balaban J connectivity index is 1.43. The summed E-state index contributed by atoms with van der Waals surface area (Å²) in [4.78, 5) is 34.1. The molecule has 8 heteroatoms. The van der Waals surface area contributed by atoms with Crippen molar-refractivity contribution in [1.82, 2.24) is 20.3 Å². The van der Waals surface area contributed by atoms with Crippen molar-refractivity contribution < 1.29 is 19.5 Å². The number of aromatic nitrogens is 1. The molecular formula is C25H32N4O4. The van der Waals surface area contributed by atoms with Gasteiger partial charge in [-0.3, -0.25) is 19.7 Å². The van der Waals surface area contributed by atoms with Crippen molar-refractivity contribution in [2.24, 2.45) is 5.92 Å². The Morgan fingerprint density at radius 1 is 1.15 bits per heavy atom. The number of piperidine rings is 2. The average molecular weight is 453 g/mol. The van der Waals surface area contributed by atoms with Gasteiger partial charge in [-0.2, -0.15) is 0 Å². The van der Waals surface area contributed by atoms with E-state index in [9.17, 15) is 14.8 Å². The molecule has 0 aliphatic carbocycles. The summed E-state index contributed by atoms with van der Waals surface area (Å²) in [7, 11) is 1.83. The smallest absolute Gasteiger partial charge is 0.248 e. The zero-order valence-corrected chi connectivity index (χ0v) is 19.2. The van der Waals surface area contributed by atoms with Crippen LogP contribution in [0.15, 0.2) is 48.7 Å². The highest BCUT2D eigenvalue weighted by atomic mass is 16.5. The number of hydroxylamine groups is 1. The monoisotopic (exact) mass is 452 g/mol. The number of hydrogen-bond acceptors (Lipinski definition) is 6. The lowest BCUT2D eigenvalue weighted by atomic mass is 9.85. The first-order valence-corrected chi connectivity index (χ1v) is 11.5. The maximum atomic E-state index is 13.5. The number of nitrogens with one attached hydrogen (secondary N) is 1. The summed E-state index contributed by atoms with van der Waals surface area (Å²) < 4.78 is 6.03. The molecule has 4 rings (SSSR count). The summed E-state index contributed by atoms with van der Waals surface area (Å²) >= 11 is 0. The lowest BCUT2D eigenvalue weighted by Crippen LogP contribution is -2.61. The maximum Gasteiger partial charge on any atom is 0.248 e. The molecule has 2 aliphatic heterocycles. The van der Waals surface area contributed by atoms with Crippen LogP contribution in [0, 0.1) is 12.8 Å². The zero-order valence-electron chi connectivity index (χ0n) is 19.2. The van der Waals surface area contributed by atoms with E-state index in [1.54, 1.807) is 11.7 Å². The molecule has 2 N–H and O–H groups in total. The molecular weight excluding hydrogens is 420 g/mol. The van der Waals surface area contributed by atoms with E-state index in [-0.39, 0.29) is 12.0 Å². The molecule has 0 bridgehead atoms. The first kappa shape index (κ1) is 23.2. The number of benzene rings is 1. The quantitative estimate of drug-likeness (QED) is 0.534. The van der Waals surface area contributed by atoms with Gasteiger partial charge in [-0.25, -0.2) is 10.5 Å². The Hall–Kier alpha value is -2.97. The van der Waals surface area contributed by atoms with Crippen LogP contribution in [0.3, 0.4) is 0 Å². The van der Waals surface area contributed by atoms with Gasteiger partial charge in [0.2, 0.25) is 17.7 Å². The molecule has 0 saturated carbocycles. The third-order valence-electron chi connectivity index (χ3n) is 6.82. The highest BCUT2D eigenvalue weighted by molar-refractivity contribution is 5.90. The van der Waals surface area contributed by atoms with Crippen molar-refractivity contribution in [3.8, 4) is 5.88 Å². The Labute approximate surface area is 194 Å². The molecule has 3 heterocycles. The van der Waals surface area contributed by atoms with E-state index in [0.717, 1.165) is 18.4 Å². The number of pyridine rings is 1. The first-order chi connectivity index (χ1) is 16.0. The van der Waals surface area contributed by atoms with Crippen LogP contribution in [-0.2, 0) is 9.59 Å². The van der Waals surface area contributed by atoms with Crippen LogP contribution >= 0.6 is 0 Å². The molecule has 3 atom stereocenters. The van der Waals surface area contributed by atoms with E-state index in [1.807, 2.05) is 54.1 Å². The van der Waals surface area contributed by atoms with Gasteiger partial charge in [0, 0.05) is 31.9 Å². The third kappa shape index (κ3) is 5.34. The Morgan fingerprint density at radius 3 is 2.55 bits per heavy atom. The number of carbonyl (C=O) groups is 2. The van der Waals surface area contributed by atoms with Crippen molar-refractivity contribution in [2.45, 2.75) is 44.2 Å². The van der Waals surface area contributed by atoms with Crippen molar-refractivity contribution in [1.29, 1.82) is 0 Å². The van der Waals surface area contributed by atoms with Crippen LogP contribution in [0.4, 0.5) is 0 Å². The molecule has 2 amide bonds. The Kier molecular flexibility index (Phi) is 7.25. The number of nitrogens with zero attached hydrogens (tertiary/aromatic N) is 3. The molecule has 176 valence electrons. The van der Waals surface area contributed by atoms with E-state index < -0.39 is 17.9 Å². The molecule has 0 radical (unpaired) electrons. The number of hydrogen-bond donors (Lipinski definition) is 2. The van der Waals surface area contributed by atoms with Crippen molar-refractivity contribution in [2.75, 3.05) is 26.7 Å². The normalized spacial score (nSPS) is 24.3. The molecule has 2 aromatic rings. The van der Waals surface area contributed by atoms with Crippen LogP contribution in [0.25, 0.3) is 0 Å². The van der Waals surface area contributed by atoms with E-state index in [4.69, 9.17) is 4.74 Å². The van der Waals surface area contributed by atoms with Crippen LogP contribution in [0.2, 0.25) is 0 Å². The summed E-state index contributed by atoms with van der Waals surface area (Å²) in [5, 5.41) is 9.36. The van der Waals surface area contributed by atoms with Gasteiger partial charge in [0.1, 0.15) is 12.1 Å². The highest BCUT2D eigenvalue weighted by Gasteiger charge is 2.45. The number of rotatable bonds is 5. The number of likely N-dealkylation sites (tertiary alicyclic amines) is 2. The Morgan fingerprint density at radius 2 is 1.88 bits per heavy atom. The second-order valence-electron chi connectivity index (χ2n) is 9.12. The van der Waals surface area contributed by atoms with Crippen molar-refractivity contribution in [3.63, 3.8) is 0 Å². The van der Waals surface area contributed by atoms with E-state index in [0.29, 0.717) is 37.9 Å². The predicted molar refractivity (Wildman–Crippen MR) is 123 cm³/mol. The number of aryl methyl sites for hydroxylation is 1. The lowest BCUT2D eigenvalue weighted by Gasteiger charge is -2.43. The topological polar surface area (TPSA) is 95.0 Å². The van der Waals surface area contributed by atoms with Gasteiger partial charge in [0.25, 0.3) is 0 Å². The number of likely N-dealkylation sites (N-methyl/N-ethyl adjacent to an activating group) is 1. The van der Waals surface area contributed by atoms with Gasteiger partial charge < -0.3 is 9.64 Å². The van der Waals surface area contributed by atoms with Crippen molar-refractivity contribution in [3.05, 3.63) is 59.8 Å². The van der Waals surface area contributed by atoms with Gasteiger partial charge in [0.05, 0.1) is 5.92 Å². The summed E-state index contributed by atoms with van der Waals surface area (Å²) in [5.41, 5.74) is 4.09. The maximum absolute atomic E-state index is 13.5. The standard InChI is InChI=1S/C25H32N4O4/c1-17-8-11-26-22(14-17)33-20-15-21(24(30)27-32)23(28(2)16-20)25(31)29-12-9-19(10-13-29)18-6-4-3-5-7-18/h3-8,11,14,19-21,23,32H,9-10,12-13,15-16H2,1-2H3,(H,27,30). The van der Waals surface area contributed by atoms with Gasteiger partial charge in [-0.1, -0.05) is 30.3 Å². The first-order valence-electron chi connectivity index (χ1n) is 11.5. The molecule has 1 aromatic heterocycles. The van der Waals surface area contributed by atoms with Gasteiger partial charge >= 0.3 is 0 Å². The van der Waals surface area contributed by atoms with Crippen LogP contribution in [-0.4, -0.2) is 70.6 Å². The number of ether oxygens (including phenoxy) is 1. The van der Waals surface area contributed by atoms with E-state index in [1.165, 1.54) is 5.56 Å². The van der Waals surface area contributed by atoms with Gasteiger partial charge in [-0.05, 0) is 56.3 Å². The number of carbonyl (C=O) groups excluding carboxylic acids is 2. The molecule has 1 aromatic carbocycles. The van der Waals surface area contributed by atoms with Crippen molar-refractivity contribution >= 4 is 11.8 Å². The minimum Gasteiger partial charge on any atom is -0.473 e. The molecule has 2 saturated heterocycles. The second-order valence-corrected chi connectivity index (χ2v) is 9.12. The lowest BCUT2D eigenvalue weighted by molar-refractivity contribution is -0.151. The summed E-state index contributed by atoms with van der Waals surface area (Å²) in [6, 6.07) is 13.5. The SMILES string of the molecule is Cc1ccnc(OC2CC(C(=O)NO)C(C(=O)N3CCC(c4ccccc4)CC3)N(C)C2)c1.